The molecule has 0 unspecified atom stereocenters. The Morgan fingerprint density at radius 1 is 1.30 bits per heavy atom. The van der Waals surface area contributed by atoms with Gasteiger partial charge in [0.15, 0.2) is 0 Å². The van der Waals surface area contributed by atoms with E-state index in [4.69, 9.17) is 4.74 Å². The summed E-state index contributed by atoms with van der Waals surface area (Å²) in [4.78, 5) is 22.3. The van der Waals surface area contributed by atoms with Crippen molar-refractivity contribution in [1.29, 1.82) is 0 Å². The van der Waals surface area contributed by atoms with Crippen LogP contribution in [-0.4, -0.2) is 33.0 Å². The van der Waals surface area contributed by atoms with Crippen LogP contribution < -0.4 is 4.31 Å². The molecule has 27 heavy (non-hydrogen) atoms. The van der Waals surface area contributed by atoms with Crippen LogP contribution >= 0.6 is 0 Å². The van der Waals surface area contributed by atoms with Crippen LogP contribution in [0, 0.1) is 17.0 Å². The molecule has 0 spiro atoms. The highest BCUT2D eigenvalue weighted by Crippen LogP contribution is 2.30. The van der Waals surface area contributed by atoms with Crippen molar-refractivity contribution >= 4 is 27.4 Å². The summed E-state index contributed by atoms with van der Waals surface area (Å²) in [7, 11) is -3.01. The number of benzene rings is 2. The second kappa shape index (κ2) is 8.00. The van der Waals surface area contributed by atoms with E-state index in [0.717, 1.165) is 10.4 Å². The second-order valence-corrected chi connectivity index (χ2v) is 7.40. The van der Waals surface area contributed by atoms with Crippen LogP contribution in [-0.2, 0) is 14.8 Å². The molecule has 0 heterocycles. The monoisotopic (exact) mass is 390 g/mol. The third-order valence-corrected chi connectivity index (χ3v) is 5.61. The van der Waals surface area contributed by atoms with Gasteiger partial charge in [-0.3, -0.25) is 14.4 Å². The molecule has 2 aromatic rings. The molecule has 2 aromatic carbocycles. The van der Waals surface area contributed by atoms with Gasteiger partial charge in [-0.1, -0.05) is 24.3 Å². The van der Waals surface area contributed by atoms with E-state index in [1.165, 1.54) is 44.4 Å². The number of nitro benzene ring substituents is 1. The van der Waals surface area contributed by atoms with Crippen molar-refractivity contribution < 1.29 is 22.9 Å². The summed E-state index contributed by atoms with van der Waals surface area (Å²) in [6.45, 7) is 4.93. The largest absolute Gasteiger partial charge is 0.465 e. The van der Waals surface area contributed by atoms with Crippen LogP contribution in [0.2, 0.25) is 0 Å². The van der Waals surface area contributed by atoms with Gasteiger partial charge in [0.25, 0.3) is 15.7 Å². The zero-order valence-corrected chi connectivity index (χ0v) is 15.6. The number of nitro groups is 1. The average molecular weight is 390 g/mol. The van der Waals surface area contributed by atoms with Gasteiger partial charge in [-0.15, -0.1) is 6.58 Å². The zero-order chi connectivity index (χ0) is 20.2. The molecule has 8 nitrogen and oxygen atoms in total. The van der Waals surface area contributed by atoms with Crippen LogP contribution in [0.15, 0.2) is 60.0 Å². The highest BCUT2D eigenvalue weighted by atomic mass is 32.2. The first-order valence-corrected chi connectivity index (χ1v) is 9.24. The number of carbonyl (C=O) groups is 1. The van der Waals surface area contributed by atoms with E-state index >= 15 is 0 Å². The summed E-state index contributed by atoms with van der Waals surface area (Å²) in [5.74, 6) is -0.704. The minimum atomic E-state index is -4.20. The first-order valence-electron chi connectivity index (χ1n) is 7.80. The van der Waals surface area contributed by atoms with Gasteiger partial charge in [0.2, 0.25) is 0 Å². The predicted molar refractivity (Wildman–Crippen MR) is 100 cm³/mol. The molecule has 9 heteroatoms. The van der Waals surface area contributed by atoms with Gasteiger partial charge in [0.1, 0.15) is 0 Å². The number of anilines is 1. The Morgan fingerprint density at radius 3 is 2.56 bits per heavy atom. The molecule has 0 N–H and O–H groups in total. The summed E-state index contributed by atoms with van der Waals surface area (Å²) < 4.78 is 32.0. The van der Waals surface area contributed by atoms with Crippen molar-refractivity contribution in [3.8, 4) is 0 Å². The molecular formula is C18H18N2O6S. The Bertz CT molecular complexity index is 1000. The van der Waals surface area contributed by atoms with E-state index in [9.17, 15) is 23.3 Å². The van der Waals surface area contributed by atoms with Gasteiger partial charge < -0.3 is 4.74 Å². The molecule has 0 fully saturated rings. The lowest BCUT2D eigenvalue weighted by molar-refractivity contribution is -0.385. The molecule has 2 rings (SSSR count). The number of aryl methyl sites for hydroxylation is 1. The number of esters is 1. The first-order chi connectivity index (χ1) is 12.7. The van der Waals surface area contributed by atoms with Crippen molar-refractivity contribution in [3.63, 3.8) is 0 Å². The Hall–Kier alpha value is -3.20. The number of carbonyl (C=O) groups excluding carboxylic acids is 1. The van der Waals surface area contributed by atoms with E-state index < -0.39 is 20.9 Å². The quantitative estimate of drug-likeness (QED) is 0.311. The summed E-state index contributed by atoms with van der Waals surface area (Å²) in [6, 6.07) is 9.69. The lowest BCUT2D eigenvalue weighted by Gasteiger charge is -2.25. The van der Waals surface area contributed by atoms with E-state index in [-0.39, 0.29) is 28.4 Å². The minimum Gasteiger partial charge on any atom is -0.465 e. The fourth-order valence-corrected chi connectivity index (χ4v) is 3.97. The number of methoxy groups -OCH3 is 1. The number of ether oxygens (including phenoxy) is 1. The standard InChI is InChI=1S/C18H18N2O6S/c1-4-11-19(16-8-6-5-7-15(16)18(21)26-3)27(24,25)14-10-9-13(2)17(12-14)20(22)23/h4-10,12H,1,11H2,2-3H3. The van der Waals surface area contributed by atoms with Crippen molar-refractivity contribution in [3.05, 3.63) is 76.4 Å². The lowest BCUT2D eigenvalue weighted by atomic mass is 10.2. The molecule has 0 saturated carbocycles. The van der Waals surface area contributed by atoms with Crippen LogP contribution in [0.25, 0.3) is 0 Å². The van der Waals surface area contributed by atoms with Gasteiger partial charge in [-0.05, 0) is 25.1 Å². The van der Waals surface area contributed by atoms with Crippen molar-refractivity contribution in [2.45, 2.75) is 11.8 Å². The summed E-state index contributed by atoms with van der Waals surface area (Å²) >= 11 is 0. The van der Waals surface area contributed by atoms with Crippen molar-refractivity contribution in [2.75, 3.05) is 18.0 Å². The van der Waals surface area contributed by atoms with Crippen LogP contribution in [0.5, 0.6) is 0 Å². The molecule has 142 valence electrons. The SMILES string of the molecule is C=CCN(c1ccccc1C(=O)OC)S(=O)(=O)c1ccc(C)c([N+](=O)[O-])c1. The van der Waals surface area contributed by atoms with E-state index in [2.05, 4.69) is 6.58 Å². The molecule has 0 aliphatic heterocycles. The van der Waals surface area contributed by atoms with Gasteiger partial charge in [0.05, 0.1) is 34.7 Å². The third kappa shape index (κ3) is 3.98. The molecule has 0 saturated heterocycles. The number of nitrogens with zero attached hydrogens (tertiary/aromatic N) is 2. The van der Waals surface area contributed by atoms with Gasteiger partial charge in [0, 0.05) is 11.6 Å². The number of sulfonamides is 1. The van der Waals surface area contributed by atoms with Crippen LogP contribution in [0.4, 0.5) is 11.4 Å². The molecule has 0 aliphatic rings. The summed E-state index contributed by atoms with van der Waals surface area (Å²) in [6.07, 6.45) is 1.36. The summed E-state index contributed by atoms with van der Waals surface area (Å²) in [5, 5.41) is 11.2. The smallest absolute Gasteiger partial charge is 0.340 e. The molecule has 0 amide bonds. The van der Waals surface area contributed by atoms with Gasteiger partial charge in [-0.25, -0.2) is 13.2 Å². The van der Waals surface area contributed by atoms with E-state index in [1.54, 1.807) is 12.1 Å². The van der Waals surface area contributed by atoms with Crippen LogP contribution in [0.1, 0.15) is 15.9 Å². The van der Waals surface area contributed by atoms with Gasteiger partial charge >= 0.3 is 5.97 Å². The zero-order valence-electron chi connectivity index (χ0n) is 14.8. The normalized spacial score (nSPS) is 10.9. The fraction of sp³-hybridized carbons (Fsp3) is 0.167. The maximum atomic E-state index is 13.2. The Balaban J connectivity index is 2.67. The van der Waals surface area contributed by atoms with Crippen molar-refractivity contribution in [1.82, 2.24) is 0 Å². The molecular weight excluding hydrogens is 372 g/mol. The van der Waals surface area contributed by atoms with Gasteiger partial charge in [-0.2, -0.15) is 0 Å². The number of para-hydroxylation sites is 1. The Morgan fingerprint density at radius 2 is 1.96 bits per heavy atom. The Labute approximate surface area is 156 Å². The molecule has 0 bridgehead atoms. The molecule has 0 radical (unpaired) electrons. The number of hydrogen-bond donors (Lipinski definition) is 0. The maximum Gasteiger partial charge on any atom is 0.340 e. The maximum absolute atomic E-state index is 13.2. The molecule has 0 aliphatic carbocycles. The highest BCUT2D eigenvalue weighted by molar-refractivity contribution is 7.92. The number of rotatable bonds is 7. The topological polar surface area (TPSA) is 107 Å². The molecule has 0 aromatic heterocycles. The lowest BCUT2D eigenvalue weighted by Crippen LogP contribution is -2.32. The summed E-state index contributed by atoms with van der Waals surface area (Å²) in [5.41, 5.74) is 0.166. The minimum absolute atomic E-state index is 0.0482. The van der Waals surface area contributed by atoms with Crippen LogP contribution in [0.3, 0.4) is 0 Å². The molecule has 0 atom stereocenters. The van der Waals surface area contributed by atoms with Crippen molar-refractivity contribution in [2.24, 2.45) is 0 Å². The van der Waals surface area contributed by atoms with E-state index in [1.807, 2.05) is 0 Å². The first kappa shape index (κ1) is 20.1. The number of hydrogen-bond acceptors (Lipinski definition) is 6. The fourth-order valence-electron chi connectivity index (χ4n) is 2.49. The Kier molecular flexibility index (Phi) is 5.96. The van der Waals surface area contributed by atoms with E-state index in [0.29, 0.717) is 5.56 Å². The third-order valence-electron chi connectivity index (χ3n) is 3.84. The predicted octanol–water partition coefficient (Wildman–Crippen LogP) is 3.07. The second-order valence-electron chi connectivity index (χ2n) is 5.54. The average Bonchev–Trinajstić information content (AvgIpc) is 2.65. The highest BCUT2D eigenvalue weighted by Gasteiger charge is 2.29.